The Kier molecular flexibility index (Phi) is 4.29. The molecular weight excluding hydrogens is 280 g/mol. The molecule has 1 aromatic rings. The Labute approximate surface area is 117 Å². The number of H-pyrrole nitrogens is 1. The van der Waals surface area contributed by atoms with Gasteiger partial charge < -0.3 is 4.74 Å². The van der Waals surface area contributed by atoms with Crippen molar-refractivity contribution in [3.63, 3.8) is 0 Å². The number of nitrogens with one attached hydrogen (secondary N) is 1. The summed E-state index contributed by atoms with van der Waals surface area (Å²) in [6.07, 6.45) is 0.332. The van der Waals surface area contributed by atoms with Gasteiger partial charge in [-0.2, -0.15) is 0 Å². The molecule has 0 spiro atoms. The highest BCUT2D eigenvalue weighted by Crippen LogP contribution is 2.30. The molecule has 0 unspecified atom stereocenters. The molecule has 2 heterocycles. The number of hydrogen-bond donors (Lipinski definition) is 1. The van der Waals surface area contributed by atoms with E-state index in [9.17, 15) is 9.59 Å². The molecule has 3 atom stereocenters. The average Bonchev–Trinajstić information content (AvgIpc) is 2.84. The smallest absolute Gasteiger partial charge is 0.330 e. The van der Waals surface area contributed by atoms with Crippen molar-refractivity contribution in [2.75, 3.05) is 6.54 Å². The second kappa shape index (κ2) is 6.14. The lowest BCUT2D eigenvalue weighted by molar-refractivity contribution is 0.00164. The lowest BCUT2D eigenvalue weighted by Crippen LogP contribution is -2.33. The summed E-state index contributed by atoms with van der Waals surface area (Å²) >= 11 is 0. The summed E-state index contributed by atoms with van der Waals surface area (Å²) in [6.45, 7) is 1.56. The van der Waals surface area contributed by atoms with E-state index in [0.29, 0.717) is 5.56 Å². The number of ether oxygens (including phenoxy) is 1. The van der Waals surface area contributed by atoms with Gasteiger partial charge in [0.25, 0.3) is 5.56 Å². The molecule has 0 radical (unpaired) electrons. The molecule has 21 heavy (non-hydrogen) atoms. The summed E-state index contributed by atoms with van der Waals surface area (Å²) in [5.74, 6) is 0. The van der Waals surface area contributed by atoms with Gasteiger partial charge in [0.05, 0.1) is 18.7 Å². The van der Waals surface area contributed by atoms with Gasteiger partial charge in [-0.1, -0.05) is 10.2 Å². The van der Waals surface area contributed by atoms with E-state index in [-0.39, 0.29) is 13.0 Å². The minimum absolute atomic E-state index is 0.00618. The third kappa shape index (κ3) is 3.06. The third-order valence-corrected chi connectivity index (χ3v) is 3.19. The van der Waals surface area contributed by atoms with Crippen LogP contribution in [0.15, 0.2) is 26.0 Å². The number of azide groups is 2. The molecule has 1 aliphatic heterocycles. The number of aromatic amines is 1. The molecule has 11 nitrogen and oxygen atoms in total. The van der Waals surface area contributed by atoms with Gasteiger partial charge in [0, 0.05) is 28.0 Å². The minimum Gasteiger partial charge on any atom is -0.354 e. The summed E-state index contributed by atoms with van der Waals surface area (Å²) in [5, 5.41) is 6.98. The molecule has 0 aliphatic carbocycles. The van der Waals surface area contributed by atoms with Gasteiger partial charge >= 0.3 is 5.69 Å². The van der Waals surface area contributed by atoms with Crippen LogP contribution in [0.4, 0.5) is 0 Å². The van der Waals surface area contributed by atoms with Crippen LogP contribution in [0.1, 0.15) is 18.2 Å². The maximum atomic E-state index is 11.8. The molecule has 1 saturated heterocycles. The zero-order chi connectivity index (χ0) is 15.4. The lowest BCUT2D eigenvalue weighted by atomic mass is 10.1. The molecule has 110 valence electrons. The van der Waals surface area contributed by atoms with Crippen LogP contribution in [0.25, 0.3) is 20.9 Å². The molecular formula is C10H12N8O3. The van der Waals surface area contributed by atoms with Crippen LogP contribution in [0.3, 0.4) is 0 Å². The van der Waals surface area contributed by atoms with E-state index in [0.717, 1.165) is 0 Å². The van der Waals surface area contributed by atoms with Gasteiger partial charge in [-0.05, 0) is 18.0 Å². The fourth-order valence-electron chi connectivity index (χ4n) is 2.16. The fraction of sp³-hybridized carbons (Fsp3) is 0.600. The van der Waals surface area contributed by atoms with Crippen LogP contribution in [0.2, 0.25) is 0 Å². The van der Waals surface area contributed by atoms with E-state index in [4.69, 9.17) is 15.8 Å². The Morgan fingerprint density at radius 3 is 2.90 bits per heavy atom. The summed E-state index contributed by atoms with van der Waals surface area (Å²) in [7, 11) is 0. The number of nitrogens with zero attached hydrogens (tertiary/aromatic N) is 7. The molecule has 0 bridgehead atoms. The summed E-state index contributed by atoms with van der Waals surface area (Å²) in [5.41, 5.74) is 16.2. The van der Waals surface area contributed by atoms with E-state index >= 15 is 0 Å². The molecule has 11 heteroatoms. The van der Waals surface area contributed by atoms with Gasteiger partial charge in [0.15, 0.2) is 0 Å². The van der Waals surface area contributed by atoms with Gasteiger partial charge in [-0.15, -0.1) is 0 Å². The molecule has 0 amide bonds. The Morgan fingerprint density at radius 2 is 2.24 bits per heavy atom. The Bertz CT molecular complexity index is 739. The quantitative estimate of drug-likeness (QED) is 0.500. The highest BCUT2D eigenvalue weighted by Gasteiger charge is 2.35. The number of aryl methyl sites for hydroxylation is 1. The first-order valence-electron chi connectivity index (χ1n) is 6.09. The largest absolute Gasteiger partial charge is 0.354 e. The van der Waals surface area contributed by atoms with E-state index in [1.165, 1.54) is 10.8 Å². The summed E-state index contributed by atoms with van der Waals surface area (Å²) in [6, 6.07) is -0.551. The van der Waals surface area contributed by atoms with E-state index in [1.807, 2.05) is 0 Å². The maximum absolute atomic E-state index is 11.8. The van der Waals surface area contributed by atoms with Gasteiger partial charge in [0.2, 0.25) is 0 Å². The normalized spacial score (nSPS) is 24.1. The Balaban J connectivity index is 2.32. The monoisotopic (exact) mass is 292 g/mol. The molecule has 1 N–H and O–H groups in total. The molecule has 0 saturated carbocycles. The van der Waals surface area contributed by atoms with Crippen molar-refractivity contribution in [1.82, 2.24) is 9.55 Å². The zero-order valence-corrected chi connectivity index (χ0v) is 11.1. The predicted octanol–water partition coefficient (Wildman–Crippen LogP) is 1.12. The highest BCUT2D eigenvalue weighted by atomic mass is 16.5. The fourth-order valence-corrected chi connectivity index (χ4v) is 2.16. The number of rotatable bonds is 4. The molecule has 1 fully saturated rings. The van der Waals surface area contributed by atoms with Crippen LogP contribution < -0.4 is 11.2 Å². The first kappa shape index (κ1) is 14.7. The third-order valence-electron chi connectivity index (χ3n) is 3.19. The molecule has 1 aromatic heterocycles. The highest BCUT2D eigenvalue weighted by molar-refractivity contribution is 5.02. The van der Waals surface area contributed by atoms with Crippen molar-refractivity contribution in [3.8, 4) is 0 Å². The Hall–Kier alpha value is -2.74. The summed E-state index contributed by atoms with van der Waals surface area (Å²) < 4.78 is 6.83. The van der Waals surface area contributed by atoms with Crippen LogP contribution in [-0.4, -0.2) is 28.2 Å². The molecule has 2 rings (SSSR count). The predicted molar refractivity (Wildman–Crippen MR) is 71.5 cm³/mol. The standard InChI is InChI=1S/C10H12N8O3/c1-5-4-18(10(20)14-9(5)19)8-2-6(15-17-12)7(21-8)3-13-16-11/h4,6-8H,2-3H2,1H3,(H,14,19,20)/t6-,7-,8-/m1/s1. The average molecular weight is 292 g/mol. The van der Waals surface area contributed by atoms with Crippen LogP contribution >= 0.6 is 0 Å². The lowest BCUT2D eigenvalue weighted by Gasteiger charge is -2.15. The van der Waals surface area contributed by atoms with Crippen molar-refractivity contribution < 1.29 is 4.74 Å². The Morgan fingerprint density at radius 1 is 1.48 bits per heavy atom. The van der Waals surface area contributed by atoms with Crippen molar-refractivity contribution in [2.45, 2.75) is 31.7 Å². The molecule has 0 aromatic carbocycles. The van der Waals surface area contributed by atoms with E-state index in [1.54, 1.807) is 6.92 Å². The SMILES string of the molecule is Cc1cn([C@H]2C[C@@H](N=[N+]=[N-])[C@@H](CN=[N+]=[N-])O2)c(=O)[nH]c1=O. The van der Waals surface area contributed by atoms with Crippen LogP contribution in [0.5, 0.6) is 0 Å². The van der Waals surface area contributed by atoms with Crippen molar-refractivity contribution >= 4 is 0 Å². The topological polar surface area (TPSA) is 162 Å². The first-order valence-corrected chi connectivity index (χ1v) is 6.09. The zero-order valence-electron chi connectivity index (χ0n) is 11.1. The van der Waals surface area contributed by atoms with Crippen molar-refractivity contribution in [1.29, 1.82) is 0 Å². The first-order chi connectivity index (χ1) is 10.1. The minimum atomic E-state index is -0.692. The van der Waals surface area contributed by atoms with Gasteiger partial charge in [-0.25, -0.2) is 4.79 Å². The van der Waals surface area contributed by atoms with E-state index < -0.39 is 29.6 Å². The second-order valence-corrected chi connectivity index (χ2v) is 4.53. The number of hydrogen-bond acceptors (Lipinski definition) is 5. The summed E-state index contributed by atoms with van der Waals surface area (Å²) in [4.78, 5) is 30.7. The second-order valence-electron chi connectivity index (χ2n) is 4.53. The van der Waals surface area contributed by atoms with E-state index in [2.05, 4.69) is 25.0 Å². The van der Waals surface area contributed by atoms with Gasteiger partial charge in [0.1, 0.15) is 6.23 Å². The van der Waals surface area contributed by atoms with Crippen LogP contribution in [0, 0.1) is 6.92 Å². The van der Waals surface area contributed by atoms with Crippen LogP contribution in [-0.2, 0) is 4.74 Å². The van der Waals surface area contributed by atoms with Gasteiger partial charge in [-0.3, -0.25) is 14.3 Å². The van der Waals surface area contributed by atoms with Crippen molar-refractivity contribution in [3.05, 3.63) is 53.5 Å². The molecule has 1 aliphatic rings. The maximum Gasteiger partial charge on any atom is 0.330 e. The number of aromatic nitrogens is 2. The van der Waals surface area contributed by atoms with Crippen molar-refractivity contribution in [2.24, 2.45) is 10.2 Å².